The normalized spacial score (nSPS) is 21.9. The number of rotatable bonds is 8. The number of carboxylic acids is 1. The van der Waals surface area contributed by atoms with Gasteiger partial charge in [0.25, 0.3) is 11.8 Å². The third-order valence-corrected chi connectivity index (χ3v) is 6.71. The van der Waals surface area contributed by atoms with Crippen molar-refractivity contribution in [3.05, 3.63) is 64.2 Å². The second-order valence-electron chi connectivity index (χ2n) is 11.4. The molecule has 2 aromatic rings. The van der Waals surface area contributed by atoms with E-state index in [1.807, 2.05) is 19.9 Å². The molecule has 43 heavy (non-hydrogen) atoms. The molecule has 2 aromatic carbocycles. The largest absolute Gasteiger partial charge is 0.481 e. The summed E-state index contributed by atoms with van der Waals surface area (Å²) in [5.74, 6) is -3.58. The molecule has 234 valence electrons. The van der Waals surface area contributed by atoms with Gasteiger partial charge in [-0.05, 0) is 65.8 Å². The van der Waals surface area contributed by atoms with Crippen LogP contribution < -0.4 is 10.2 Å². The topological polar surface area (TPSA) is 192 Å². The van der Waals surface area contributed by atoms with E-state index in [9.17, 15) is 34.5 Å². The van der Waals surface area contributed by atoms with E-state index in [-0.39, 0.29) is 11.3 Å². The molecule has 0 bridgehead atoms. The molecule has 5 N–H and O–H groups in total. The Hall–Kier alpha value is -4.04. The average molecular weight is 603 g/mol. The van der Waals surface area contributed by atoms with E-state index in [1.165, 1.54) is 23.2 Å². The third-order valence-electron chi connectivity index (χ3n) is 6.71. The van der Waals surface area contributed by atoms with Crippen LogP contribution in [0.3, 0.4) is 0 Å². The van der Waals surface area contributed by atoms with E-state index >= 15 is 0 Å². The number of amides is 2. The number of hydrogen-bond acceptors (Lipinski definition) is 10. The Morgan fingerprint density at radius 2 is 1.63 bits per heavy atom. The number of aliphatic hydroxyl groups is 3. The van der Waals surface area contributed by atoms with E-state index in [2.05, 4.69) is 5.43 Å². The van der Waals surface area contributed by atoms with Gasteiger partial charge in [-0.25, -0.2) is 5.01 Å². The lowest BCUT2D eigenvalue weighted by molar-refractivity contribution is -0.281. The highest BCUT2D eigenvalue weighted by Crippen LogP contribution is 2.29. The highest BCUT2D eigenvalue weighted by atomic mass is 16.7. The van der Waals surface area contributed by atoms with Gasteiger partial charge >= 0.3 is 11.9 Å². The number of nitrogens with one attached hydrogen (secondary N) is 1. The molecule has 0 aromatic heterocycles. The fraction of sp³-hybridized carbons (Fsp3) is 0.467. The van der Waals surface area contributed by atoms with Crippen LogP contribution in [0.5, 0.6) is 5.75 Å². The summed E-state index contributed by atoms with van der Waals surface area (Å²) in [4.78, 5) is 49.6. The summed E-state index contributed by atoms with van der Waals surface area (Å²) in [6.07, 6.45) is -9.05. The lowest BCUT2D eigenvalue weighted by Gasteiger charge is -2.41. The lowest BCUT2D eigenvalue weighted by atomic mass is 9.98. The number of aryl methyl sites for hydroxylation is 2. The summed E-state index contributed by atoms with van der Waals surface area (Å²) in [5, 5.41) is 41.0. The van der Waals surface area contributed by atoms with Gasteiger partial charge in [-0.2, -0.15) is 0 Å². The molecule has 13 heteroatoms. The van der Waals surface area contributed by atoms with Gasteiger partial charge in [-0.15, -0.1) is 0 Å². The molecular formula is C30H38N2O11. The molecule has 1 heterocycles. The number of nitrogens with zero attached hydrogens (tertiary/aromatic N) is 1. The number of carbonyl (C=O) groups excluding carboxylic acids is 3. The van der Waals surface area contributed by atoms with Crippen molar-refractivity contribution >= 4 is 23.8 Å². The maximum absolute atomic E-state index is 13.5. The van der Waals surface area contributed by atoms with Crippen molar-refractivity contribution < 1.29 is 53.8 Å². The standard InChI is InChI=1S/C30H38N2O11/c1-15-10-16(2)12-18(11-15)28(40)32(30(4,5)6)31-27(39)19-8-7-9-20(17(19)3)41-29-25(38)24(37)26(21(14-33)42-29)43-23(36)13-22(34)35/h7-12,21,24-26,29,33,37-38H,13-14H2,1-6H3,(H,31,39)(H,34,35)/t21-,24-,25-,26-,29?/m1/s1. The van der Waals surface area contributed by atoms with E-state index in [0.717, 1.165) is 11.1 Å². The van der Waals surface area contributed by atoms with E-state index in [1.54, 1.807) is 39.8 Å². The Morgan fingerprint density at radius 3 is 2.19 bits per heavy atom. The van der Waals surface area contributed by atoms with Gasteiger partial charge in [0.15, 0.2) is 6.10 Å². The Bertz CT molecular complexity index is 1350. The summed E-state index contributed by atoms with van der Waals surface area (Å²) < 4.78 is 16.3. The number of benzene rings is 2. The minimum Gasteiger partial charge on any atom is -0.481 e. The summed E-state index contributed by atoms with van der Waals surface area (Å²) >= 11 is 0. The smallest absolute Gasteiger partial charge is 0.317 e. The number of hydrazine groups is 1. The van der Waals surface area contributed by atoms with Crippen molar-refractivity contribution in [2.24, 2.45) is 0 Å². The number of aliphatic carboxylic acids is 1. The zero-order valence-corrected chi connectivity index (χ0v) is 24.9. The highest BCUT2D eigenvalue weighted by Gasteiger charge is 2.48. The highest BCUT2D eigenvalue weighted by molar-refractivity contribution is 6.00. The Labute approximate surface area is 248 Å². The second-order valence-corrected chi connectivity index (χ2v) is 11.4. The fourth-order valence-corrected chi connectivity index (χ4v) is 4.64. The molecule has 1 aliphatic heterocycles. The van der Waals surface area contributed by atoms with Crippen LogP contribution in [0, 0.1) is 20.8 Å². The number of carboxylic acid groups (broad SMARTS) is 1. The van der Waals surface area contributed by atoms with Crippen LogP contribution >= 0.6 is 0 Å². The van der Waals surface area contributed by atoms with Gasteiger partial charge in [-0.3, -0.25) is 24.6 Å². The molecule has 0 saturated carbocycles. The Kier molecular flexibility index (Phi) is 10.5. The predicted molar refractivity (Wildman–Crippen MR) is 151 cm³/mol. The third kappa shape index (κ3) is 8.08. The first-order valence-corrected chi connectivity index (χ1v) is 13.6. The monoisotopic (exact) mass is 602 g/mol. The van der Waals surface area contributed by atoms with Crippen molar-refractivity contribution in [3.63, 3.8) is 0 Å². The van der Waals surface area contributed by atoms with Crippen LogP contribution in [0.25, 0.3) is 0 Å². The van der Waals surface area contributed by atoms with Gasteiger partial charge in [-0.1, -0.05) is 23.3 Å². The minimum atomic E-state index is -1.79. The van der Waals surface area contributed by atoms with Crippen LogP contribution in [0.4, 0.5) is 0 Å². The zero-order chi connectivity index (χ0) is 32.2. The number of hydrogen-bond donors (Lipinski definition) is 5. The summed E-state index contributed by atoms with van der Waals surface area (Å²) in [7, 11) is 0. The minimum absolute atomic E-state index is 0.0878. The summed E-state index contributed by atoms with van der Waals surface area (Å²) in [6, 6.07) is 9.93. The van der Waals surface area contributed by atoms with Crippen LogP contribution in [-0.2, 0) is 19.1 Å². The Morgan fingerprint density at radius 1 is 1.00 bits per heavy atom. The van der Waals surface area contributed by atoms with Crippen LogP contribution in [-0.4, -0.2) is 92.0 Å². The van der Waals surface area contributed by atoms with Gasteiger partial charge < -0.3 is 34.6 Å². The molecule has 5 atom stereocenters. The molecule has 1 aliphatic rings. The zero-order valence-electron chi connectivity index (χ0n) is 24.9. The first-order chi connectivity index (χ1) is 20.0. The molecule has 0 spiro atoms. The predicted octanol–water partition coefficient (Wildman–Crippen LogP) is 1.40. The molecule has 1 unspecified atom stereocenters. The van der Waals surface area contributed by atoms with Crippen molar-refractivity contribution in [3.8, 4) is 5.75 Å². The maximum Gasteiger partial charge on any atom is 0.317 e. The molecule has 2 amide bonds. The Balaban J connectivity index is 1.81. The van der Waals surface area contributed by atoms with Crippen molar-refractivity contribution in [1.82, 2.24) is 10.4 Å². The van der Waals surface area contributed by atoms with Gasteiger partial charge in [0.05, 0.1) is 12.1 Å². The quantitative estimate of drug-likeness (QED) is 0.167. The molecule has 1 fully saturated rings. The van der Waals surface area contributed by atoms with Crippen molar-refractivity contribution in [1.29, 1.82) is 0 Å². The molecule has 3 rings (SSSR count). The molecular weight excluding hydrogens is 564 g/mol. The second kappa shape index (κ2) is 13.5. The molecule has 1 saturated heterocycles. The van der Waals surface area contributed by atoms with Gasteiger partial charge in [0.2, 0.25) is 6.29 Å². The van der Waals surface area contributed by atoms with Gasteiger partial charge in [0, 0.05) is 16.7 Å². The first-order valence-electron chi connectivity index (χ1n) is 13.6. The van der Waals surface area contributed by atoms with E-state index in [0.29, 0.717) is 11.1 Å². The fourth-order valence-electron chi connectivity index (χ4n) is 4.64. The van der Waals surface area contributed by atoms with E-state index in [4.69, 9.17) is 19.3 Å². The SMILES string of the molecule is Cc1cc(C)cc(C(=O)N(NC(=O)c2cccc(OC3O[C@H](CO)[C@@H](OC(=O)CC(=O)O)[C@H](O)[C@H]3O)c2C)C(C)(C)C)c1. The molecule has 0 aliphatic carbocycles. The van der Waals surface area contributed by atoms with Crippen LogP contribution in [0.15, 0.2) is 36.4 Å². The number of aliphatic hydroxyl groups excluding tert-OH is 3. The van der Waals surface area contributed by atoms with Crippen LogP contribution in [0.1, 0.15) is 64.6 Å². The van der Waals surface area contributed by atoms with E-state index < -0.39 is 73.0 Å². The number of ether oxygens (including phenoxy) is 3. The van der Waals surface area contributed by atoms with Crippen LogP contribution in [0.2, 0.25) is 0 Å². The maximum atomic E-state index is 13.5. The molecule has 13 nitrogen and oxygen atoms in total. The summed E-state index contributed by atoms with van der Waals surface area (Å²) in [6.45, 7) is 9.89. The lowest BCUT2D eigenvalue weighted by Crippen LogP contribution is -2.61. The van der Waals surface area contributed by atoms with Crippen molar-refractivity contribution in [2.45, 2.75) is 84.2 Å². The molecule has 0 radical (unpaired) electrons. The number of carbonyl (C=O) groups is 4. The van der Waals surface area contributed by atoms with Gasteiger partial charge in [0.1, 0.15) is 30.5 Å². The average Bonchev–Trinajstić information content (AvgIpc) is 2.90. The summed E-state index contributed by atoms with van der Waals surface area (Å²) in [5.41, 5.74) is 4.56. The van der Waals surface area contributed by atoms with Crippen molar-refractivity contribution in [2.75, 3.05) is 6.61 Å². The number of esters is 1. The first kappa shape index (κ1) is 33.5.